The van der Waals surface area contributed by atoms with Crippen molar-refractivity contribution < 1.29 is 19.1 Å². The summed E-state index contributed by atoms with van der Waals surface area (Å²) in [5.74, 6) is 0.550. The lowest BCUT2D eigenvalue weighted by Crippen LogP contribution is -2.46. The molecule has 2 rings (SSSR count). The molecule has 1 saturated carbocycles. The summed E-state index contributed by atoms with van der Waals surface area (Å²) in [5, 5.41) is 3.20. The minimum Gasteiger partial charge on any atom is -0.493 e. The fourth-order valence-electron chi connectivity index (χ4n) is 3.67. The van der Waals surface area contributed by atoms with Gasteiger partial charge in [0.25, 0.3) is 11.8 Å². The van der Waals surface area contributed by atoms with E-state index in [1.807, 2.05) is 0 Å². The lowest BCUT2D eigenvalue weighted by atomic mass is 9.69. The molecule has 0 aliphatic heterocycles. The molecule has 1 aromatic rings. The number of methoxy groups -OCH3 is 1. The number of carbonyl (C=O) groups is 2. The molecule has 3 N–H and O–H groups in total. The molecule has 0 spiro atoms. The summed E-state index contributed by atoms with van der Waals surface area (Å²) >= 11 is 0. The predicted molar refractivity (Wildman–Crippen MR) is 100 cm³/mol. The van der Waals surface area contributed by atoms with Crippen LogP contribution in [0.15, 0.2) is 18.2 Å². The zero-order valence-corrected chi connectivity index (χ0v) is 16.1. The van der Waals surface area contributed by atoms with Gasteiger partial charge < -0.3 is 20.5 Å². The number of nitrogens with two attached hydrogens (primary N) is 1. The number of hydrogen-bond donors (Lipinski definition) is 2. The van der Waals surface area contributed by atoms with Gasteiger partial charge in [0.05, 0.1) is 7.11 Å². The second-order valence-electron chi connectivity index (χ2n) is 7.96. The molecular formula is C20H30N2O4. The molecule has 0 heterocycles. The van der Waals surface area contributed by atoms with Gasteiger partial charge in [-0.1, -0.05) is 33.6 Å². The van der Waals surface area contributed by atoms with Gasteiger partial charge in [-0.15, -0.1) is 0 Å². The molecule has 26 heavy (non-hydrogen) atoms. The number of nitrogens with one attached hydrogen (secondary N) is 1. The molecular weight excluding hydrogens is 332 g/mol. The quantitative estimate of drug-likeness (QED) is 0.814. The molecule has 0 radical (unpaired) electrons. The number of benzene rings is 1. The standard InChI is InChI=1S/C20H30N2O4/c1-20(2,3)14-7-5-6-8-15(14)22-19(24)13-9-10-16(17(11-13)25-4)26-12-18(21)23/h9-11,14-15H,5-8,12H2,1-4H3,(H2,21,23)(H,22,24). The molecule has 0 bridgehead atoms. The maximum atomic E-state index is 12.7. The highest BCUT2D eigenvalue weighted by Gasteiger charge is 2.35. The molecule has 2 atom stereocenters. The van der Waals surface area contributed by atoms with Crippen molar-refractivity contribution in [3.63, 3.8) is 0 Å². The summed E-state index contributed by atoms with van der Waals surface area (Å²) in [4.78, 5) is 23.6. The number of rotatable bonds is 6. The Morgan fingerprint density at radius 2 is 1.88 bits per heavy atom. The lowest BCUT2D eigenvalue weighted by Gasteiger charge is -2.40. The molecule has 2 unspecified atom stereocenters. The minimum atomic E-state index is -0.570. The molecule has 144 valence electrons. The van der Waals surface area contributed by atoms with E-state index >= 15 is 0 Å². The Kier molecular flexibility index (Phi) is 6.51. The van der Waals surface area contributed by atoms with Gasteiger partial charge >= 0.3 is 0 Å². The minimum absolute atomic E-state index is 0.120. The number of amides is 2. The number of primary amides is 1. The average Bonchev–Trinajstić information content (AvgIpc) is 2.59. The maximum absolute atomic E-state index is 12.7. The summed E-state index contributed by atoms with van der Waals surface area (Å²) in [6.07, 6.45) is 4.50. The van der Waals surface area contributed by atoms with E-state index in [2.05, 4.69) is 26.1 Å². The van der Waals surface area contributed by atoms with Gasteiger partial charge in [-0.3, -0.25) is 9.59 Å². The highest BCUT2D eigenvalue weighted by atomic mass is 16.5. The SMILES string of the molecule is COc1cc(C(=O)NC2CCCCC2C(C)(C)C)ccc1OCC(N)=O. The lowest BCUT2D eigenvalue weighted by molar-refractivity contribution is -0.119. The van der Waals surface area contributed by atoms with Gasteiger partial charge in [0.15, 0.2) is 18.1 Å². The first-order valence-corrected chi connectivity index (χ1v) is 9.12. The first kappa shape index (κ1) is 20.1. The van der Waals surface area contributed by atoms with Gasteiger partial charge in [-0.25, -0.2) is 0 Å². The molecule has 1 aromatic carbocycles. The van der Waals surface area contributed by atoms with Crippen LogP contribution in [0.3, 0.4) is 0 Å². The smallest absolute Gasteiger partial charge is 0.255 e. The summed E-state index contributed by atoms with van der Waals surface area (Å²) < 4.78 is 10.6. The third kappa shape index (κ3) is 5.13. The third-order valence-electron chi connectivity index (χ3n) is 4.99. The monoisotopic (exact) mass is 362 g/mol. The first-order chi connectivity index (χ1) is 12.2. The van der Waals surface area contributed by atoms with E-state index in [0.717, 1.165) is 19.3 Å². The zero-order valence-electron chi connectivity index (χ0n) is 16.1. The second-order valence-corrected chi connectivity index (χ2v) is 7.96. The van der Waals surface area contributed by atoms with Crippen LogP contribution in [0.25, 0.3) is 0 Å². The van der Waals surface area contributed by atoms with E-state index in [4.69, 9.17) is 15.2 Å². The Balaban J connectivity index is 2.12. The van der Waals surface area contributed by atoms with Crippen LogP contribution in [-0.2, 0) is 4.79 Å². The first-order valence-electron chi connectivity index (χ1n) is 9.12. The fraction of sp³-hybridized carbons (Fsp3) is 0.600. The maximum Gasteiger partial charge on any atom is 0.255 e. The van der Waals surface area contributed by atoms with E-state index in [-0.39, 0.29) is 24.0 Å². The van der Waals surface area contributed by atoms with E-state index in [0.29, 0.717) is 23.0 Å². The third-order valence-corrected chi connectivity index (χ3v) is 4.99. The average molecular weight is 362 g/mol. The molecule has 1 fully saturated rings. The Bertz CT molecular complexity index is 652. The van der Waals surface area contributed by atoms with Crippen molar-refractivity contribution in [2.75, 3.05) is 13.7 Å². The van der Waals surface area contributed by atoms with Crippen LogP contribution >= 0.6 is 0 Å². The van der Waals surface area contributed by atoms with Crippen molar-refractivity contribution in [3.05, 3.63) is 23.8 Å². The van der Waals surface area contributed by atoms with Crippen molar-refractivity contribution in [1.82, 2.24) is 5.32 Å². The van der Waals surface area contributed by atoms with Crippen LogP contribution in [0.5, 0.6) is 11.5 Å². The van der Waals surface area contributed by atoms with E-state index in [1.165, 1.54) is 13.5 Å². The Morgan fingerprint density at radius 3 is 2.50 bits per heavy atom. The van der Waals surface area contributed by atoms with Gasteiger partial charge in [0.2, 0.25) is 0 Å². The molecule has 1 aliphatic carbocycles. The topological polar surface area (TPSA) is 90.7 Å². The second kappa shape index (κ2) is 8.43. The molecule has 0 aromatic heterocycles. The van der Waals surface area contributed by atoms with Gasteiger partial charge in [0, 0.05) is 11.6 Å². The molecule has 1 aliphatic rings. The fourth-order valence-corrected chi connectivity index (χ4v) is 3.67. The highest BCUT2D eigenvalue weighted by molar-refractivity contribution is 5.95. The Labute approximate surface area is 155 Å². The number of ether oxygens (including phenoxy) is 2. The van der Waals surface area contributed by atoms with Crippen molar-refractivity contribution in [3.8, 4) is 11.5 Å². The van der Waals surface area contributed by atoms with Gasteiger partial charge in [-0.05, 0) is 42.4 Å². The van der Waals surface area contributed by atoms with Crippen molar-refractivity contribution in [1.29, 1.82) is 0 Å². The highest BCUT2D eigenvalue weighted by Crippen LogP contribution is 2.38. The molecule has 6 heteroatoms. The Morgan fingerprint density at radius 1 is 1.19 bits per heavy atom. The van der Waals surface area contributed by atoms with Crippen LogP contribution in [0, 0.1) is 11.3 Å². The van der Waals surface area contributed by atoms with E-state index in [1.54, 1.807) is 18.2 Å². The summed E-state index contributed by atoms with van der Waals surface area (Å²) in [5.41, 5.74) is 5.75. The molecule has 0 saturated heterocycles. The Hall–Kier alpha value is -2.24. The van der Waals surface area contributed by atoms with Gasteiger partial charge in [-0.2, -0.15) is 0 Å². The number of carbonyl (C=O) groups excluding carboxylic acids is 2. The summed E-state index contributed by atoms with van der Waals surface area (Å²) in [6.45, 7) is 6.46. The van der Waals surface area contributed by atoms with Crippen LogP contribution in [0.2, 0.25) is 0 Å². The van der Waals surface area contributed by atoms with Crippen molar-refractivity contribution >= 4 is 11.8 Å². The van der Waals surface area contributed by atoms with Crippen LogP contribution in [0.4, 0.5) is 0 Å². The largest absolute Gasteiger partial charge is 0.493 e. The number of hydrogen-bond acceptors (Lipinski definition) is 4. The molecule has 6 nitrogen and oxygen atoms in total. The van der Waals surface area contributed by atoms with E-state index in [9.17, 15) is 9.59 Å². The summed E-state index contributed by atoms with van der Waals surface area (Å²) in [6, 6.07) is 5.09. The predicted octanol–water partition coefficient (Wildman–Crippen LogP) is 2.89. The summed E-state index contributed by atoms with van der Waals surface area (Å²) in [7, 11) is 1.49. The molecule has 2 amide bonds. The van der Waals surface area contributed by atoms with Crippen molar-refractivity contribution in [2.24, 2.45) is 17.1 Å². The van der Waals surface area contributed by atoms with Crippen LogP contribution in [0.1, 0.15) is 56.8 Å². The van der Waals surface area contributed by atoms with Crippen molar-refractivity contribution in [2.45, 2.75) is 52.5 Å². The van der Waals surface area contributed by atoms with Gasteiger partial charge in [0.1, 0.15) is 0 Å². The zero-order chi connectivity index (χ0) is 19.3. The van der Waals surface area contributed by atoms with Crippen LogP contribution < -0.4 is 20.5 Å². The van der Waals surface area contributed by atoms with Crippen LogP contribution in [-0.4, -0.2) is 31.6 Å². The van der Waals surface area contributed by atoms with E-state index < -0.39 is 5.91 Å². The normalized spacial score (nSPS) is 20.3.